The highest BCUT2D eigenvalue weighted by atomic mass is 35.5. The van der Waals surface area contributed by atoms with E-state index in [1.807, 2.05) is 12.1 Å². The first-order valence-corrected chi connectivity index (χ1v) is 13.5. The minimum absolute atomic E-state index is 0. The lowest BCUT2D eigenvalue weighted by Crippen LogP contribution is -2.50. The van der Waals surface area contributed by atoms with Crippen molar-refractivity contribution in [3.05, 3.63) is 45.7 Å². The minimum atomic E-state index is 0. The Morgan fingerprint density at radius 2 is 1.70 bits per heavy atom. The number of carbonyl (C=O) groups excluding carboxylic acids is 1. The van der Waals surface area contributed by atoms with Crippen LogP contribution >= 0.6 is 23.7 Å². The molecule has 178 valence electrons. The van der Waals surface area contributed by atoms with E-state index >= 15 is 0 Å². The zero-order chi connectivity index (χ0) is 21.9. The molecule has 5 saturated carbocycles. The van der Waals surface area contributed by atoms with Crippen LogP contribution in [0.15, 0.2) is 34.6 Å². The number of rotatable bonds is 6. The summed E-state index contributed by atoms with van der Waals surface area (Å²) in [6.07, 6.45) is 11.1. The first-order chi connectivity index (χ1) is 15.5. The van der Waals surface area contributed by atoms with Gasteiger partial charge in [0.15, 0.2) is 4.80 Å². The fourth-order valence-electron chi connectivity index (χ4n) is 7.01. The molecule has 0 spiro atoms. The molecule has 1 aromatic carbocycles. The fraction of sp³-hybridized carbons (Fsp3) is 0.630. The molecule has 1 N–H and O–H groups in total. The van der Waals surface area contributed by atoms with Gasteiger partial charge in [0.25, 0.3) is 0 Å². The summed E-state index contributed by atoms with van der Waals surface area (Å²) in [4.78, 5) is 19.5. The van der Waals surface area contributed by atoms with E-state index in [-0.39, 0.29) is 23.9 Å². The Hall–Kier alpha value is -1.59. The summed E-state index contributed by atoms with van der Waals surface area (Å²) in [7, 11) is 0. The Kier molecular flexibility index (Phi) is 6.24. The molecule has 0 saturated heterocycles. The molecular formula is C27H36ClN3OS. The Balaban J connectivity index is 0.00000228. The van der Waals surface area contributed by atoms with Gasteiger partial charge in [-0.05, 0) is 92.7 Å². The van der Waals surface area contributed by atoms with Gasteiger partial charge in [0.05, 0.1) is 12.0 Å². The van der Waals surface area contributed by atoms with E-state index in [1.54, 1.807) is 11.3 Å². The highest BCUT2D eigenvalue weighted by Crippen LogP contribution is 2.57. The van der Waals surface area contributed by atoms with E-state index in [0.29, 0.717) is 18.4 Å². The number of aromatic nitrogens is 1. The number of anilines is 1. The van der Waals surface area contributed by atoms with Crippen molar-refractivity contribution >= 4 is 35.3 Å². The van der Waals surface area contributed by atoms with Crippen LogP contribution in [0.2, 0.25) is 0 Å². The molecule has 1 aromatic heterocycles. The lowest BCUT2D eigenvalue weighted by Gasteiger charge is -2.54. The Morgan fingerprint density at radius 1 is 1.09 bits per heavy atom. The molecule has 5 aliphatic rings. The van der Waals surface area contributed by atoms with Crippen LogP contribution < -0.4 is 10.1 Å². The van der Waals surface area contributed by atoms with Gasteiger partial charge in [0.1, 0.15) is 0 Å². The van der Waals surface area contributed by atoms with Crippen LogP contribution in [0.5, 0.6) is 0 Å². The van der Waals surface area contributed by atoms with Gasteiger partial charge in [0.2, 0.25) is 5.91 Å². The second kappa shape index (κ2) is 8.88. The molecule has 5 aliphatic carbocycles. The lowest BCUT2D eigenvalue weighted by atomic mass is 9.53. The topological polar surface area (TPSA) is 46.4 Å². The van der Waals surface area contributed by atoms with Crippen LogP contribution in [-0.2, 0) is 11.2 Å². The molecule has 4 nitrogen and oxygen atoms in total. The number of halogens is 1. The molecule has 6 heteroatoms. The van der Waals surface area contributed by atoms with E-state index < -0.39 is 0 Å². The lowest BCUT2D eigenvalue weighted by molar-refractivity contribution is -0.115. The second-order valence-electron chi connectivity index (χ2n) is 11.4. The molecule has 7 rings (SSSR count). The molecular weight excluding hydrogens is 450 g/mol. The predicted octanol–water partition coefficient (Wildman–Crippen LogP) is 6.48. The number of benzene rings is 1. The summed E-state index contributed by atoms with van der Waals surface area (Å²) in [6, 6.07) is 8.80. The standard InChI is InChI=1S/C27H35N3OS.ClH/c1-17(2)21-3-5-22(6-4-21)28-25(31)12-24-16-32-26(30(24)23-7-8-23)29-27-13-18-9-19(14-27)11-20(10-18)15-27;/h3-6,16-20,23H,7-15H2,1-2H3,(H,28,31);1H. The normalized spacial score (nSPS) is 30.5. The summed E-state index contributed by atoms with van der Waals surface area (Å²) < 4.78 is 2.42. The first-order valence-electron chi connectivity index (χ1n) is 12.6. The van der Waals surface area contributed by atoms with Crippen LogP contribution in [0.25, 0.3) is 0 Å². The molecule has 0 unspecified atom stereocenters. The van der Waals surface area contributed by atoms with Crippen LogP contribution in [0, 0.1) is 17.8 Å². The summed E-state index contributed by atoms with van der Waals surface area (Å²) in [6.45, 7) is 4.37. The number of thiazole rings is 1. The van der Waals surface area contributed by atoms with Crippen LogP contribution in [0.1, 0.15) is 88.4 Å². The molecule has 2 aromatic rings. The largest absolute Gasteiger partial charge is 0.326 e. The minimum Gasteiger partial charge on any atom is -0.326 e. The van der Waals surface area contributed by atoms with Gasteiger partial charge in [-0.1, -0.05) is 26.0 Å². The average molecular weight is 486 g/mol. The van der Waals surface area contributed by atoms with E-state index in [0.717, 1.165) is 29.1 Å². The molecule has 0 radical (unpaired) electrons. The van der Waals surface area contributed by atoms with Crippen molar-refractivity contribution in [2.24, 2.45) is 22.7 Å². The molecule has 33 heavy (non-hydrogen) atoms. The third kappa shape index (κ3) is 4.68. The molecule has 0 aliphatic heterocycles. The van der Waals surface area contributed by atoms with E-state index in [4.69, 9.17) is 4.99 Å². The number of hydrogen-bond donors (Lipinski definition) is 1. The maximum absolute atomic E-state index is 12.9. The number of carbonyl (C=O) groups is 1. The van der Waals surface area contributed by atoms with Crippen molar-refractivity contribution in [3.63, 3.8) is 0 Å². The van der Waals surface area contributed by atoms with E-state index in [2.05, 4.69) is 41.2 Å². The molecule has 1 amide bonds. The van der Waals surface area contributed by atoms with Gasteiger partial charge in [-0.25, -0.2) is 0 Å². The second-order valence-corrected chi connectivity index (χ2v) is 12.2. The third-order valence-electron chi connectivity index (χ3n) is 8.27. The van der Waals surface area contributed by atoms with Crippen molar-refractivity contribution in [2.75, 3.05) is 5.32 Å². The zero-order valence-electron chi connectivity index (χ0n) is 19.8. The van der Waals surface area contributed by atoms with Crippen LogP contribution in [-0.4, -0.2) is 16.0 Å². The van der Waals surface area contributed by atoms with Crippen molar-refractivity contribution in [1.29, 1.82) is 0 Å². The summed E-state index contributed by atoms with van der Waals surface area (Å²) in [5.74, 6) is 3.29. The molecule has 1 heterocycles. The van der Waals surface area contributed by atoms with Gasteiger partial charge >= 0.3 is 0 Å². The van der Waals surface area contributed by atoms with Gasteiger partial charge in [-0.15, -0.1) is 23.7 Å². The van der Waals surface area contributed by atoms with Crippen LogP contribution in [0.3, 0.4) is 0 Å². The summed E-state index contributed by atoms with van der Waals surface area (Å²) >= 11 is 1.76. The Bertz CT molecular complexity index is 1040. The van der Waals surface area contributed by atoms with E-state index in [9.17, 15) is 4.79 Å². The maximum atomic E-state index is 12.9. The highest BCUT2D eigenvalue weighted by Gasteiger charge is 2.51. The van der Waals surface area contributed by atoms with Crippen molar-refractivity contribution in [3.8, 4) is 0 Å². The monoisotopic (exact) mass is 485 g/mol. The van der Waals surface area contributed by atoms with Crippen molar-refractivity contribution in [2.45, 2.75) is 89.1 Å². The van der Waals surface area contributed by atoms with Gasteiger partial charge in [-0.2, -0.15) is 0 Å². The van der Waals surface area contributed by atoms with Crippen molar-refractivity contribution in [1.82, 2.24) is 4.57 Å². The van der Waals surface area contributed by atoms with Crippen molar-refractivity contribution < 1.29 is 4.79 Å². The fourth-order valence-corrected chi connectivity index (χ4v) is 8.08. The van der Waals surface area contributed by atoms with Crippen LogP contribution in [0.4, 0.5) is 5.69 Å². The zero-order valence-corrected chi connectivity index (χ0v) is 21.4. The Labute approximate surface area is 207 Å². The molecule has 5 fully saturated rings. The van der Waals surface area contributed by atoms with Gasteiger partial charge < -0.3 is 9.88 Å². The highest BCUT2D eigenvalue weighted by molar-refractivity contribution is 7.07. The summed E-state index contributed by atoms with van der Waals surface area (Å²) in [5, 5.41) is 5.29. The first kappa shape index (κ1) is 23.2. The van der Waals surface area contributed by atoms with Gasteiger partial charge in [-0.3, -0.25) is 9.79 Å². The predicted molar refractivity (Wildman–Crippen MR) is 137 cm³/mol. The average Bonchev–Trinajstić information content (AvgIpc) is 3.49. The number of amides is 1. The van der Waals surface area contributed by atoms with Gasteiger partial charge in [0, 0.05) is 22.8 Å². The summed E-state index contributed by atoms with van der Waals surface area (Å²) in [5.41, 5.74) is 3.50. The van der Waals surface area contributed by atoms with E-state index in [1.165, 1.54) is 61.7 Å². The molecule has 4 bridgehead atoms. The smallest absolute Gasteiger partial charge is 0.230 e. The maximum Gasteiger partial charge on any atom is 0.230 e. The quantitative estimate of drug-likeness (QED) is 0.500. The number of nitrogens with one attached hydrogen (secondary N) is 1. The Morgan fingerprint density at radius 3 is 2.24 bits per heavy atom. The third-order valence-corrected chi connectivity index (χ3v) is 9.16. The number of nitrogens with zero attached hydrogens (tertiary/aromatic N) is 2. The molecule has 0 atom stereocenters. The number of hydrogen-bond acceptors (Lipinski definition) is 3. The SMILES string of the molecule is CC(C)c1ccc(NC(=O)Cc2csc(=NC34CC5CC(CC(C5)C3)C4)n2C2CC2)cc1.Cl.